The fourth-order valence-electron chi connectivity index (χ4n) is 3.50. The molecule has 6 heteroatoms. The Balaban J connectivity index is 1.75. The third-order valence-electron chi connectivity index (χ3n) is 5.04. The van der Waals surface area contributed by atoms with Gasteiger partial charge in [0.2, 0.25) is 0 Å². The fraction of sp³-hybridized carbons (Fsp3) is 0.174. The number of hydrogen-bond donors (Lipinski definition) is 2. The Morgan fingerprint density at radius 3 is 2.55 bits per heavy atom. The molecule has 2 N–H and O–H groups in total. The van der Waals surface area contributed by atoms with E-state index in [4.69, 9.17) is 9.73 Å². The second-order valence-electron chi connectivity index (χ2n) is 6.86. The van der Waals surface area contributed by atoms with Gasteiger partial charge in [0, 0.05) is 23.7 Å². The molecule has 0 radical (unpaired) electrons. The van der Waals surface area contributed by atoms with E-state index in [2.05, 4.69) is 21.2 Å². The lowest BCUT2D eigenvalue weighted by Crippen LogP contribution is -2.33. The van der Waals surface area contributed by atoms with Crippen molar-refractivity contribution < 1.29 is 14.2 Å². The highest BCUT2D eigenvalue weighted by Gasteiger charge is 2.27. The van der Waals surface area contributed by atoms with Gasteiger partial charge in [-0.3, -0.25) is 10.3 Å². The van der Waals surface area contributed by atoms with E-state index >= 15 is 0 Å². The molecule has 0 aromatic heterocycles. The Morgan fingerprint density at radius 1 is 1.10 bits per heavy atom. The van der Waals surface area contributed by atoms with Crippen molar-refractivity contribution in [2.45, 2.75) is 18.6 Å². The van der Waals surface area contributed by atoms with Gasteiger partial charge in [-0.25, -0.2) is 4.39 Å². The Bertz CT molecular complexity index is 1050. The Kier molecular flexibility index (Phi) is 5.65. The molecular formula is C23H20BrFN2O2. The van der Waals surface area contributed by atoms with Gasteiger partial charge in [0.25, 0.3) is 0 Å². The number of para-hydroxylation sites is 1. The lowest BCUT2D eigenvalue weighted by molar-refractivity contribution is 0.412. The average Bonchev–Trinajstić information content (AvgIpc) is 2.75. The van der Waals surface area contributed by atoms with Crippen LogP contribution >= 0.6 is 15.9 Å². The molecule has 0 fully saturated rings. The molecule has 3 aromatic rings. The van der Waals surface area contributed by atoms with Crippen molar-refractivity contribution in [1.29, 1.82) is 0 Å². The van der Waals surface area contributed by atoms with E-state index in [0.29, 0.717) is 10.9 Å². The van der Waals surface area contributed by atoms with Gasteiger partial charge in [-0.1, -0.05) is 24.3 Å². The number of aliphatic imine (C=N–C) groups is 1. The molecule has 0 amide bonds. The maximum absolute atomic E-state index is 13.7. The second-order valence-corrected chi connectivity index (χ2v) is 7.72. The summed E-state index contributed by atoms with van der Waals surface area (Å²) in [5.74, 6) is 0.695. The highest BCUT2D eigenvalue weighted by molar-refractivity contribution is 9.10. The third kappa shape index (κ3) is 4.18. The van der Waals surface area contributed by atoms with Crippen LogP contribution < -0.4 is 10.1 Å². The SMILES string of the molecule is COc1ccc(C2=NC(c3ccc(F)c(Br)c3)NC(c3ccccc3O)C2)cc1. The molecule has 0 bridgehead atoms. The molecule has 29 heavy (non-hydrogen) atoms. The van der Waals surface area contributed by atoms with Gasteiger partial charge in [0.15, 0.2) is 0 Å². The summed E-state index contributed by atoms with van der Waals surface area (Å²) < 4.78 is 19.4. The topological polar surface area (TPSA) is 53.8 Å². The van der Waals surface area contributed by atoms with Crippen LogP contribution in [0.4, 0.5) is 4.39 Å². The molecule has 1 aliphatic heterocycles. The molecule has 0 aliphatic carbocycles. The van der Waals surface area contributed by atoms with Crippen molar-refractivity contribution >= 4 is 21.6 Å². The molecule has 0 saturated heterocycles. The average molecular weight is 455 g/mol. The minimum Gasteiger partial charge on any atom is -0.508 e. The van der Waals surface area contributed by atoms with Gasteiger partial charge in [-0.15, -0.1) is 0 Å². The van der Waals surface area contributed by atoms with Crippen molar-refractivity contribution in [1.82, 2.24) is 5.32 Å². The minimum atomic E-state index is -0.373. The van der Waals surface area contributed by atoms with E-state index in [1.165, 1.54) is 6.07 Å². The first-order chi connectivity index (χ1) is 14.0. The summed E-state index contributed by atoms with van der Waals surface area (Å²) in [5.41, 5.74) is 3.54. The molecule has 4 nitrogen and oxygen atoms in total. The maximum Gasteiger partial charge on any atom is 0.137 e. The van der Waals surface area contributed by atoms with Crippen LogP contribution in [-0.4, -0.2) is 17.9 Å². The van der Waals surface area contributed by atoms with E-state index in [-0.39, 0.29) is 23.8 Å². The first-order valence-electron chi connectivity index (χ1n) is 9.25. The number of rotatable bonds is 4. The maximum atomic E-state index is 13.7. The zero-order valence-corrected chi connectivity index (χ0v) is 17.4. The number of ether oxygens (including phenoxy) is 1. The van der Waals surface area contributed by atoms with Crippen LogP contribution in [0.1, 0.15) is 35.3 Å². The van der Waals surface area contributed by atoms with Crippen molar-refractivity contribution in [2.24, 2.45) is 4.99 Å². The van der Waals surface area contributed by atoms with E-state index in [9.17, 15) is 9.50 Å². The van der Waals surface area contributed by atoms with Gasteiger partial charge < -0.3 is 9.84 Å². The van der Waals surface area contributed by atoms with E-state index in [0.717, 1.165) is 28.2 Å². The molecule has 0 saturated carbocycles. The minimum absolute atomic E-state index is 0.139. The Labute approximate surface area is 177 Å². The highest BCUT2D eigenvalue weighted by atomic mass is 79.9. The van der Waals surface area contributed by atoms with Gasteiger partial charge in [0.05, 0.1) is 11.6 Å². The molecule has 3 aromatic carbocycles. The third-order valence-corrected chi connectivity index (χ3v) is 5.64. The van der Waals surface area contributed by atoms with Crippen molar-refractivity contribution in [3.05, 3.63) is 93.7 Å². The number of phenols is 1. The Morgan fingerprint density at radius 2 is 1.86 bits per heavy atom. The number of nitrogens with zero attached hydrogens (tertiary/aromatic N) is 1. The number of phenolic OH excluding ortho intramolecular Hbond substituents is 1. The molecular weight excluding hydrogens is 435 g/mol. The number of hydrogen-bond acceptors (Lipinski definition) is 4. The van der Waals surface area contributed by atoms with Crippen LogP contribution in [0.5, 0.6) is 11.5 Å². The standard InChI is InChI=1S/C23H20BrFN2O2/c1-29-16-9-6-14(7-10-16)20-13-21(17-4-2-3-5-22(17)28)27-23(26-20)15-8-11-19(25)18(24)12-15/h2-12,21,23,27-28H,13H2,1H3. The lowest BCUT2D eigenvalue weighted by Gasteiger charge is -2.31. The molecule has 2 atom stereocenters. The van der Waals surface area contributed by atoms with Crippen LogP contribution in [0.25, 0.3) is 0 Å². The van der Waals surface area contributed by atoms with Crippen LogP contribution in [0.3, 0.4) is 0 Å². The lowest BCUT2D eigenvalue weighted by atomic mass is 9.93. The normalized spacial score (nSPS) is 18.9. The van der Waals surface area contributed by atoms with E-state index in [1.54, 1.807) is 31.4 Å². The fourth-order valence-corrected chi connectivity index (χ4v) is 3.90. The van der Waals surface area contributed by atoms with Crippen LogP contribution in [-0.2, 0) is 0 Å². The first-order valence-corrected chi connectivity index (χ1v) is 10.0. The number of halogens is 2. The number of benzene rings is 3. The smallest absolute Gasteiger partial charge is 0.137 e. The predicted octanol–water partition coefficient (Wildman–Crippen LogP) is 5.52. The molecule has 0 spiro atoms. The molecule has 1 aliphatic rings. The summed E-state index contributed by atoms with van der Waals surface area (Å²) >= 11 is 3.26. The number of nitrogens with one attached hydrogen (secondary N) is 1. The predicted molar refractivity (Wildman–Crippen MR) is 115 cm³/mol. The zero-order valence-electron chi connectivity index (χ0n) is 15.8. The monoisotopic (exact) mass is 454 g/mol. The van der Waals surface area contributed by atoms with Gasteiger partial charge >= 0.3 is 0 Å². The van der Waals surface area contributed by atoms with Crippen molar-refractivity contribution in [3.8, 4) is 11.5 Å². The van der Waals surface area contributed by atoms with Crippen LogP contribution in [0, 0.1) is 5.82 Å². The Hall–Kier alpha value is -2.70. The second kappa shape index (κ2) is 8.35. The van der Waals surface area contributed by atoms with Gasteiger partial charge in [-0.05, 0) is 69.5 Å². The van der Waals surface area contributed by atoms with Crippen molar-refractivity contribution in [3.63, 3.8) is 0 Å². The number of aromatic hydroxyl groups is 1. The summed E-state index contributed by atoms with van der Waals surface area (Å²) in [6.07, 6.45) is 0.241. The van der Waals surface area contributed by atoms with Gasteiger partial charge in [-0.2, -0.15) is 0 Å². The molecule has 4 rings (SSSR count). The van der Waals surface area contributed by atoms with Gasteiger partial charge in [0.1, 0.15) is 23.5 Å². The summed E-state index contributed by atoms with van der Waals surface area (Å²) in [6, 6.07) is 19.8. The van der Waals surface area contributed by atoms with E-state index in [1.807, 2.05) is 36.4 Å². The molecule has 148 valence electrons. The number of methoxy groups -OCH3 is 1. The van der Waals surface area contributed by atoms with Crippen molar-refractivity contribution in [2.75, 3.05) is 7.11 Å². The van der Waals surface area contributed by atoms with E-state index < -0.39 is 0 Å². The van der Waals surface area contributed by atoms with Crippen LogP contribution in [0.2, 0.25) is 0 Å². The highest BCUT2D eigenvalue weighted by Crippen LogP contribution is 2.35. The molecule has 2 unspecified atom stereocenters. The summed E-state index contributed by atoms with van der Waals surface area (Å²) in [7, 11) is 1.63. The summed E-state index contributed by atoms with van der Waals surface area (Å²) in [5, 5.41) is 13.9. The summed E-state index contributed by atoms with van der Waals surface area (Å²) in [6.45, 7) is 0. The van der Waals surface area contributed by atoms with Crippen LogP contribution in [0.15, 0.2) is 76.2 Å². The quantitative estimate of drug-likeness (QED) is 0.545. The zero-order chi connectivity index (χ0) is 20.4. The molecule has 1 heterocycles. The first kappa shape index (κ1) is 19.6. The summed E-state index contributed by atoms with van der Waals surface area (Å²) in [4.78, 5) is 4.89. The largest absolute Gasteiger partial charge is 0.508 e.